The Labute approximate surface area is 170 Å². The van der Waals surface area contributed by atoms with E-state index >= 15 is 0 Å². The summed E-state index contributed by atoms with van der Waals surface area (Å²) >= 11 is 0. The third-order valence-corrected chi connectivity index (χ3v) is 5.28. The Hall–Kier alpha value is -3.47. The van der Waals surface area contributed by atoms with Gasteiger partial charge in [0.05, 0.1) is 18.0 Å². The molecule has 2 amide bonds. The molecule has 1 aliphatic rings. The zero-order chi connectivity index (χ0) is 20.2. The van der Waals surface area contributed by atoms with Crippen LogP contribution < -0.4 is 5.32 Å². The molecule has 3 aromatic rings. The second kappa shape index (κ2) is 8.27. The van der Waals surface area contributed by atoms with Crippen molar-refractivity contribution in [1.29, 1.82) is 0 Å². The fraction of sp³-hybridized carbons (Fsp3) is 0.208. The van der Waals surface area contributed by atoms with Crippen molar-refractivity contribution in [3.63, 3.8) is 0 Å². The SMILES string of the molecule is CC(=O)N1C=Cc2ccccc2[C@@H]1CC(=O)NCCc1cccc2cccnc12. The molecular weight excluding hydrogens is 362 g/mol. The Morgan fingerprint density at radius 3 is 2.76 bits per heavy atom. The molecule has 5 nitrogen and oxygen atoms in total. The lowest BCUT2D eigenvalue weighted by atomic mass is 9.93. The van der Waals surface area contributed by atoms with Crippen molar-refractivity contribution < 1.29 is 9.59 Å². The van der Waals surface area contributed by atoms with Crippen molar-refractivity contribution in [3.8, 4) is 0 Å². The summed E-state index contributed by atoms with van der Waals surface area (Å²) in [5.74, 6) is -0.144. The van der Waals surface area contributed by atoms with E-state index in [1.165, 1.54) is 6.92 Å². The zero-order valence-corrected chi connectivity index (χ0v) is 16.3. The first-order valence-corrected chi connectivity index (χ1v) is 9.79. The van der Waals surface area contributed by atoms with Crippen LogP contribution in [-0.4, -0.2) is 28.2 Å². The van der Waals surface area contributed by atoms with Gasteiger partial charge < -0.3 is 10.2 Å². The largest absolute Gasteiger partial charge is 0.356 e. The van der Waals surface area contributed by atoms with Gasteiger partial charge in [0, 0.05) is 31.3 Å². The number of hydrogen-bond acceptors (Lipinski definition) is 3. The van der Waals surface area contributed by atoms with Crippen molar-refractivity contribution in [2.24, 2.45) is 0 Å². The summed E-state index contributed by atoms with van der Waals surface area (Å²) in [7, 11) is 0. The molecule has 5 heteroatoms. The quantitative estimate of drug-likeness (QED) is 0.725. The van der Waals surface area contributed by atoms with Crippen LogP contribution in [0.3, 0.4) is 0 Å². The Balaban J connectivity index is 1.42. The van der Waals surface area contributed by atoms with E-state index in [9.17, 15) is 9.59 Å². The molecule has 1 aliphatic heterocycles. The Morgan fingerprint density at radius 2 is 1.90 bits per heavy atom. The Morgan fingerprint density at radius 1 is 1.07 bits per heavy atom. The van der Waals surface area contributed by atoms with Crippen LogP contribution in [0, 0.1) is 0 Å². The molecule has 0 unspecified atom stereocenters. The fourth-order valence-corrected chi connectivity index (χ4v) is 3.87. The lowest BCUT2D eigenvalue weighted by Gasteiger charge is -2.32. The number of carbonyl (C=O) groups excluding carboxylic acids is 2. The summed E-state index contributed by atoms with van der Waals surface area (Å²) in [5, 5.41) is 4.10. The number of nitrogens with zero attached hydrogens (tertiary/aromatic N) is 2. The molecule has 146 valence electrons. The van der Waals surface area contributed by atoms with Gasteiger partial charge in [0.1, 0.15) is 0 Å². The maximum Gasteiger partial charge on any atom is 0.223 e. The van der Waals surface area contributed by atoms with Crippen molar-refractivity contribution in [2.75, 3.05) is 6.54 Å². The molecular formula is C24H23N3O2. The van der Waals surface area contributed by atoms with E-state index < -0.39 is 0 Å². The first kappa shape index (κ1) is 18.9. The van der Waals surface area contributed by atoms with Crippen LogP contribution in [0.5, 0.6) is 0 Å². The number of carbonyl (C=O) groups is 2. The molecule has 2 heterocycles. The van der Waals surface area contributed by atoms with Gasteiger partial charge in [-0.15, -0.1) is 0 Å². The highest BCUT2D eigenvalue weighted by Crippen LogP contribution is 2.32. The minimum Gasteiger partial charge on any atom is -0.356 e. The van der Waals surface area contributed by atoms with E-state index in [1.54, 1.807) is 17.3 Å². The van der Waals surface area contributed by atoms with Gasteiger partial charge in [0.25, 0.3) is 0 Å². The van der Waals surface area contributed by atoms with Gasteiger partial charge in [0.2, 0.25) is 11.8 Å². The Kier molecular flexibility index (Phi) is 5.38. The van der Waals surface area contributed by atoms with Crippen LogP contribution in [0.1, 0.15) is 36.1 Å². The molecule has 0 spiro atoms. The number of pyridine rings is 1. The van der Waals surface area contributed by atoms with Crippen molar-refractivity contribution in [1.82, 2.24) is 15.2 Å². The molecule has 0 aliphatic carbocycles. The summed E-state index contributed by atoms with van der Waals surface area (Å²) in [6, 6.07) is 17.6. The van der Waals surface area contributed by atoms with Gasteiger partial charge in [-0.05, 0) is 35.3 Å². The molecule has 1 atom stereocenters. The number of fused-ring (bicyclic) bond motifs is 2. The molecule has 0 saturated heterocycles. The number of rotatable bonds is 5. The Bertz CT molecular complexity index is 1080. The van der Waals surface area contributed by atoms with Gasteiger partial charge in [-0.2, -0.15) is 0 Å². The highest BCUT2D eigenvalue weighted by Gasteiger charge is 2.27. The number of benzene rings is 2. The van der Waals surface area contributed by atoms with E-state index in [4.69, 9.17) is 0 Å². The number of amides is 2. The molecule has 0 radical (unpaired) electrons. The average Bonchev–Trinajstić information content (AvgIpc) is 2.74. The number of nitrogens with one attached hydrogen (secondary N) is 1. The summed E-state index contributed by atoms with van der Waals surface area (Å²) in [6.45, 7) is 2.05. The van der Waals surface area contributed by atoms with Crippen LogP contribution in [0.2, 0.25) is 0 Å². The number of aromatic nitrogens is 1. The standard InChI is InChI=1S/C24H23N3O2/c1-17(28)27-15-12-18-6-2-3-10-21(18)22(27)16-23(29)25-14-11-20-8-4-7-19-9-5-13-26-24(19)20/h2-10,12-13,15,22H,11,14,16H2,1H3,(H,25,29)/t22-/m0/s1. The fourth-order valence-electron chi connectivity index (χ4n) is 3.87. The van der Waals surface area contributed by atoms with Crippen molar-refractivity contribution in [3.05, 3.63) is 83.7 Å². The summed E-state index contributed by atoms with van der Waals surface area (Å²) in [6.07, 6.45) is 6.41. The smallest absolute Gasteiger partial charge is 0.223 e. The van der Waals surface area contributed by atoms with E-state index in [0.29, 0.717) is 13.0 Å². The van der Waals surface area contributed by atoms with Gasteiger partial charge in [-0.3, -0.25) is 14.6 Å². The minimum atomic E-state index is -0.284. The average molecular weight is 385 g/mol. The van der Waals surface area contributed by atoms with Crippen LogP contribution in [0.25, 0.3) is 17.0 Å². The van der Waals surface area contributed by atoms with Crippen LogP contribution in [-0.2, 0) is 16.0 Å². The van der Waals surface area contributed by atoms with Gasteiger partial charge in [-0.25, -0.2) is 0 Å². The molecule has 2 aromatic carbocycles. The minimum absolute atomic E-state index is 0.0699. The topological polar surface area (TPSA) is 62.3 Å². The highest BCUT2D eigenvalue weighted by molar-refractivity contribution is 5.83. The van der Waals surface area contributed by atoms with Crippen LogP contribution in [0.15, 0.2) is 67.0 Å². The van der Waals surface area contributed by atoms with E-state index in [1.807, 2.05) is 60.7 Å². The first-order chi connectivity index (χ1) is 14.1. The molecule has 1 aromatic heterocycles. The lowest BCUT2D eigenvalue weighted by molar-refractivity contribution is -0.129. The summed E-state index contributed by atoms with van der Waals surface area (Å²) < 4.78 is 0. The van der Waals surface area contributed by atoms with Crippen LogP contribution >= 0.6 is 0 Å². The highest BCUT2D eigenvalue weighted by atomic mass is 16.2. The molecule has 4 rings (SSSR count). The second-order valence-corrected chi connectivity index (χ2v) is 7.18. The summed E-state index contributed by atoms with van der Waals surface area (Å²) in [4.78, 5) is 30.8. The van der Waals surface area contributed by atoms with E-state index in [0.717, 1.165) is 27.6 Å². The van der Waals surface area contributed by atoms with Gasteiger partial charge in [0.15, 0.2) is 0 Å². The normalized spacial score (nSPS) is 15.2. The number of hydrogen-bond donors (Lipinski definition) is 1. The molecule has 0 fully saturated rings. The predicted octanol–water partition coefficient (Wildman–Crippen LogP) is 3.86. The predicted molar refractivity (Wildman–Crippen MR) is 114 cm³/mol. The van der Waals surface area contributed by atoms with Crippen molar-refractivity contribution >= 4 is 28.8 Å². The zero-order valence-electron chi connectivity index (χ0n) is 16.3. The third-order valence-electron chi connectivity index (χ3n) is 5.28. The van der Waals surface area contributed by atoms with Crippen molar-refractivity contribution in [2.45, 2.75) is 25.8 Å². The van der Waals surface area contributed by atoms with E-state index in [-0.39, 0.29) is 24.3 Å². The first-order valence-electron chi connectivity index (χ1n) is 9.79. The molecule has 0 saturated carbocycles. The molecule has 1 N–H and O–H groups in total. The third kappa shape index (κ3) is 4.04. The molecule has 0 bridgehead atoms. The van der Waals surface area contributed by atoms with Gasteiger partial charge in [-0.1, -0.05) is 48.5 Å². The maximum atomic E-state index is 12.7. The number of para-hydroxylation sites is 1. The maximum absolute atomic E-state index is 12.7. The second-order valence-electron chi connectivity index (χ2n) is 7.18. The van der Waals surface area contributed by atoms with Crippen LogP contribution in [0.4, 0.5) is 0 Å². The van der Waals surface area contributed by atoms with E-state index in [2.05, 4.69) is 10.3 Å². The monoisotopic (exact) mass is 385 g/mol. The lowest BCUT2D eigenvalue weighted by Crippen LogP contribution is -2.35. The van der Waals surface area contributed by atoms with Gasteiger partial charge >= 0.3 is 0 Å². The summed E-state index contributed by atoms with van der Waals surface area (Å²) in [5.41, 5.74) is 4.13. The molecule has 29 heavy (non-hydrogen) atoms.